The van der Waals surface area contributed by atoms with Crippen molar-refractivity contribution < 1.29 is 17.6 Å². The lowest BCUT2D eigenvalue weighted by Crippen LogP contribution is -2.25. The normalized spacial score (nSPS) is 14.9. The fourth-order valence-corrected chi connectivity index (χ4v) is 2.31. The summed E-state index contributed by atoms with van der Waals surface area (Å²) in [6.07, 6.45) is -2.50. The Morgan fingerprint density at radius 3 is 2.76 bits per heavy atom. The first-order valence-corrected chi connectivity index (χ1v) is 6.38. The van der Waals surface area contributed by atoms with Crippen molar-refractivity contribution in [3.05, 3.63) is 47.0 Å². The minimum Gasteiger partial charge on any atom is -0.312 e. The van der Waals surface area contributed by atoms with Gasteiger partial charge in [0.1, 0.15) is 5.82 Å². The Bertz CT molecular complexity index is 682. The van der Waals surface area contributed by atoms with Gasteiger partial charge in [-0.2, -0.15) is 13.2 Å². The number of nitrogens with zero attached hydrogens (tertiary/aromatic N) is 2. The zero-order valence-corrected chi connectivity index (χ0v) is 10.8. The van der Waals surface area contributed by atoms with Crippen LogP contribution < -0.4 is 5.32 Å². The van der Waals surface area contributed by atoms with Crippen LogP contribution in [0.1, 0.15) is 16.8 Å². The Labute approximate surface area is 118 Å². The Hall–Kier alpha value is -2.02. The first kappa shape index (κ1) is 13.9. The molecule has 0 bridgehead atoms. The largest absolute Gasteiger partial charge is 0.417 e. The van der Waals surface area contributed by atoms with Gasteiger partial charge in [0.2, 0.25) is 0 Å². The van der Waals surface area contributed by atoms with E-state index in [1.54, 1.807) is 0 Å². The molecule has 1 aliphatic rings. The predicted octanol–water partition coefficient (Wildman–Crippen LogP) is 2.95. The molecule has 3 rings (SSSR count). The second kappa shape index (κ2) is 5.07. The van der Waals surface area contributed by atoms with Gasteiger partial charge in [-0.25, -0.2) is 14.4 Å². The van der Waals surface area contributed by atoms with Crippen LogP contribution in [0.4, 0.5) is 17.6 Å². The van der Waals surface area contributed by atoms with Crippen molar-refractivity contribution >= 4 is 0 Å². The zero-order valence-electron chi connectivity index (χ0n) is 10.8. The third-order valence-electron chi connectivity index (χ3n) is 3.34. The summed E-state index contributed by atoms with van der Waals surface area (Å²) in [7, 11) is 0. The van der Waals surface area contributed by atoms with Crippen LogP contribution in [0.25, 0.3) is 11.4 Å². The first-order chi connectivity index (χ1) is 9.95. The van der Waals surface area contributed by atoms with Gasteiger partial charge < -0.3 is 5.32 Å². The quantitative estimate of drug-likeness (QED) is 0.822. The maximum Gasteiger partial charge on any atom is 0.417 e. The molecule has 2 aromatic rings. The van der Waals surface area contributed by atoms with Crippen molar-refractivity contribution in [1.82, 2.24) is 15.3 Å². The van der Waals surface area contributed by atoms with Gasteiger partial charge >= 0.3 is 6.18 Å². The van der Waals surface area contributed by atoms with Crippen LogP contribution in [0, 0.1) is 5.82 Å². The maximum atomic E-state index is 13.1. The summed E-state index contributed by atoms with van der Waals surface area (Å²) in [5, 5.41) is 3.13. The van der Waals surface area contributed by atoms with Gasteiger partial charge in [0.25, 0.3) is 0 Å². The SMILES string of the molecule is Fc1ccc(-c2ncc3c(n2)CCNC3)c(C(F)(F)F)c1. The number of hydrogen-bond donors (Lipinski definition) is 1. The molecule has 0 aliphatic carbocycles. The molecule has 1 aromatic heterocycles. The smallest absolute Gasteiger partial charge is 0.312 e. The Kier molecular flexibility index (Phi) is 3.36. The average Bonchev–Trinajstić information content (AvgIpc) is 2.46. The van der Waals surface area contributed by atoms with Gasteiger partial charge in [0.15, 0.2) is 5.82 Å². The van der Waals surface area contributed by atoms with Crippen LogP contribution in [0.5, 0.6) is 0 Å². The van der Waals surface area contributed by atoms with E-state index in [1.165, 1.54) is 6.20 Å². The van der Waals surface area contributed by atoms with E-state index in [-0.39, 0.29) is 11.4 Å². The van der Waals surface area contributed by atoms with Gasteiger partial charge in [0, 0.05) is 36.8 Å². The molecule has 110 valence electrons. The van der Waals surface area contributed by atoms with Gasteiger partial charge in [-0.3, -0.25) is 0 Å². The maximum absolute atomic E-state index is 13.1. The van der Waals surface area contributed by atoms with E-state index in [0.29, 0.717) is 19.0 Å². The Morgan fingerprint density at radius 2 is 2.00 bits per heavy atom. The standard InChI is InChI=1S/C14H11F4N3/c15-9-1-2-10(11(5-9)14(16,17)18)13-20-7-8-6-19-4-3-12(8)21-13/h1-2,5,7,19H,3-4,6H2. The van der Waals surface area contributed by atoms with Crippen molar-refractivity contribution in [2.24, 2.45) is 0 Å². The summed E-state index contributed by atoms with van der Waals surface area (Å²) in [6.45, 7) is 1.32. The number of alkyl halides is 3. The fraction of sp³-hybridized carbons (Fsp3) is 0.286. The predicted molar refractivity (Wildman–Crippen MR) is 67.8 cm³/mol. The molecule has 21 heavy (non-hydrogen) atoms. The van der Waals surface area contributed by atoms with Gasteiger partial charge in [-0.15, -0.1) is 0 Å². The van der Waals surface area contributed by atoms with E-state index in [4.69, 9.17) is 0 Å². The van der Waals surface area contributed by atoms with Crippen LogP contribution >= 0.6 is 0 Å². The lowest BCUT2D eigenvalue weighted by molar-refractivity contribution is -0.137. The number of aromatic nitrogens is 2. The molecule has 0 radical (unpaired) electrons. The Morgan fingerprint density at radius 1 is 1.19 bits per heavy atom. The molecule has 0 unspecified atom stereocenters. The zero-order chi connectivity index (χ0) is 15.0. The highest BCUT2D eigenvalue weighted by atomic mass is 19.4. The first-order valence-electron chi connectivity index (χ1n) is 6.38. The molecular formula is C14H11F4N3. The number of rotatable bonds is 1. The molecule has 0 amide bonds. The number of halogens is 4. The van der Waals surface area contributed by atoms with Crippen LogP contribution in [-0.4, -0.2) is 16.5 Å². The molecule has 1 N–H and O–H groups in total. The van der Waals surface area contributed by atoms with E-state index in [0.717, 1.165) is 29.9 Å². The van der Waals surface area contributed by atoms with Crippen LogP contribution in [-0.2, 0) is 19.1 Å². The molecule has 1 aliphatic heterocycles. The molecule has 1 aromatic carbocycles. The summed E-state index contributed by atoms with van der Waals surface area (Å²) in [6, 6.07) is 2.52. The molecule has 0 fully saturated rings. The third-order valence-corrected chi connectivity index (χ3v) is 3.34. The molecule has 7 heteroatoms. The monoisotopic (exact) mass is 297 g/mol. The van der Waals surface area contributed by atoms with Gasteiger partial charge in [0.05, 0.1) is 11.3 Å². The van der Waals surface area contributed by atoms with Crippen molar-refractivity contribution in [3.63, 3.8) is 0 Å². The van der Waals surface area contributed by atoms with Crippen molar-refractivity contribution in [1.29, 1.82) is 0 Å². The van der Waals surface area contributed by atoms with Crippen LogP contribution in [0.15, 0.2) is 24.4 Å². The second-order valence-electron chi connectivity index (χ2n) is 4.78. The van der Waals surface area contributed by atoms with Crippen LogP contribution in [0.2, 0.25) is 0 Å². The average molecular weight is 297 g/mol. The molecule has 0 atom stereocenters. The van der Waals surface area contributed by atoms with Crippen LogP contribution in [0.3, 0.4) is 0 Å². The highest BCUT2D eigenvalue weighted by molar-refractivity contribution is 5.61. The van der Waals surface area contributed by atoms with E-state index in [2.05, 4.69) is 15.3 Å². The van der Waals surface area contributed by atoms with Crippen molar-refractivity contribution in [2.75, 3.05) is 6.54 Å². The minimum atomic E-state index is -4.65. The number of fused-ring (bicyclic) bond motifs is 1. The van der Waals surface area contributed by atoms with E-state index in [9.17, 15) is 17.6 Å². The number of hydrogen-bond acceptors (Lipinski definition) is 3. The molecule has 0 saturated carbocycles. The minimum absolute atomic E-state index is 0.0250. The summed E-state index contributed by atoms with van der Waals surface area (Å²) in [5.74, 6) is -0.962. The molecule has 3 nitrogen and oxygen atoms in total. The topological polar surface area (TPSA) is 37.8 Å². The summed E-state index contributed by atoms with van der Waals surface area (Å²) in [4.78, 5) is 8.21. The van der Waals surface area contributed by atoms with E-state index < -0.39 is 17.6 Å². The van der Waals surface area contributed by atoms with Gasteiger partial charge in [-0.05, 0) is 18.2 Å². The summed E-state index contributed by atoms with van der Waals surface area (Å²) >= 11 is 0. The van der Waals surface area contributed by atoms with E-state index in [1.807, 2.05) is 0 Å². The number of nitrogens with one attached hydrogen (secondary N) is 1. The Balaban J connectivity index is 2.12. The summed E-state index contributed by atoms with van der Waals surface area (Å²) < 4.78 is 52.2. The van der Waals surface area contributed by atoms with E-state index >= 15 is 0 Å². The lowest BCUT2D eigenvalue weighted by Gasteiger charge is -2.17. The highest BCUT2D eigenvalue weighted by Crippen LogP contribution is 2.36. The molecule has 2 heterocycles. The second-order valence-corrected chi connectivity index (χ2v) is 4.78. The third kappa shape index (κ3) is 2.73. The molecular weight excluding hydrogens is 286 g/mol. The van der Waals surface area contributed by atoms with Gasteiger partial charge in [-0.1, -0.05) is 0 Å². The highest BCUT2D eigenvalue weighted by Gasteiger charge is 2.35. The van der Waals surface area contributed by atoms with Crippen molar-refractivity contribution in [2.45, 2.75) is 19.1 Å². The van der Waals surface area contributed by atoms with Crippen molar-refractivity contribution in [3.8, 4) is 11.4 Å². The molecule has 0 saturated heterocycles. The lowest BCUT2D eigenvalue weighted by atomic mass is 10.0. The summed E-state index contributed by atoms with van der Waals surface area (Å²) in [5.41, 5.74) is 0.346. The fourth-order valence-electron chi connectivity index (χ4n) is 2.31. The number of benzene rings is 1. The molecule has 0 spiro atoms.